The quantitative estimate of drug-likeness (QED) is 0.244. The van der Waals surface area contributed by atoms with Crippen LogP contribution in [0.4, 0.5) is 14.9 Å². The molecule has 1 aromatic carbocycles. The predicted molar refractivity (Wildman–Crippen MR) is 151 cm³/mol. The first-order chi connectivity index (χ1) is 18.0. The molecule has 2 amide bonds. The number of nitrogens with one attached hydrogen (secondary N) is 2. The largest absolute Gasteiger partial charge is 0.442 e. The maximum Gasteiger partial charge on any atom is 0.414 e. The Hall–Kier alpha value is -3.57. The maximum atomic E-state index is 15.0. The van der Waals surface area contributed by atoms with Gasteiger partial charge in [0.25, 0.3) is 0 Å². The van der Waals surface area contributed by atoms with Gasteiger partial charge in [0.05, 0.1) is 30.6 Å². The summed E-state index contributed by atoms with van der Waals surface area (Å²) < 4.78 is 22.1. The molecule has 0 unspecified atom stereocenters. The Morgan fingerprint density at radius 3 is 2.71 bits per heavy atom. The number of hydrogen-bond donors (Lipinski definition) is 2. The topological polar surface area (TPSA) is 101 Å². The van der Waals surface area contributed by atoms with Gasteiger partial charge in [0.1, 0.15) is 20.0 Å². The Morgan fingerprint density at radius 2 is 2.08 bits per heavy atom. The number of hydrogen-bond acceptors (Lipinski definition) is 6. The minimum absolute atomic E-state index is 0.207. The molecule has 1 saturated heterocycles. The molecule has 1 aromatic heterocycles. The number of rotatable bonds is 12. The highest BCUT2D eigenvalue weighted by atomic mass is 28.3. The van der Waals surface area contributed by atoms with E-state index in [1.807, 2.05) is 30.0 Å². The number of halogens is 1. The smallest absolute Gasteiger partial charge is 0.414 e. The van der Waals surface area contributed by atoms with Crippen LogP contribution in [0.5, 0.6) is 0 Å². The number of ether oxygens (including phenoxy) is 1. The Kier molecular flexibility index (Phi) is 9.76. The van der Waals surface area contributed by atoms with Gasteiger partial charge in [-0.15, -0.1) is 5.10 Å². The van der Waals surface area contributed by atoms with Crippen LogP contribution in [0, 0.1) is 5.82 Å². The van der Waals surface area contributed by atoms with Crippen molar-refractivity contribution in [3.8, 4) is 0 Å². The van der Waals surface area contributed by atoms with Crippen molar-refractivity contribution in [2.45, 2.75) is 46.1 Å². The number of amides is 2. The van der Waals surface area contributed by atoms with Gasteiger partial charge < -0.3 is 15.4 Å². The lowest BCUT2D eigenvalue weighted by Crippen LogP contribution is -2.38. The molecular formula is C27H37FN6O3Si. The molecule has 11 heteroatoms. The SMILES string of the molecule is C=C(/C=C\C(=C/C)CNCCn1cc([Si](C)(C)C)nn1)c1ccc(N2C[C@H](CNC(C)=O)OC2=O)cc1F. The Morgan fingerprint density at radius 1 is 1.32 bits per heavy atom. The third kappa shape index (κ3) is 7.96. The highest BCUT2D eigenvalue weighted by Gasteiger charge is 2.32. The van der Waals surface area contributed by atoms with Crippen molar-refractivity contribution in [3.63, 3.8) is 0 Å². The summed E-state index contributed by atoms with van der Waals surface area (Å²) in [6, 6.07) is 4.56. The van der Waals surface area contributed by atoms with Gasteiger partial charge in [-0.2, -0.15) is 0 Å². The molecule has 0 radical (unpaired) electrons. The van der Waals surface area contributed by atoms with Gasteiger partial charge in [0.2, 0.25) is 5.91 Å². The van der Waals surface area contributed by atoms with Crippen LogP contribution >= 0.6 is 0 Å². The van der Waals surface area contributed by atoms with Crippen molar-refractivity contribution in [1.29, 1.82) is 0 Å². The number of anilines is 1. The zero-order valence-corrected chi connectivity index (χ0v) is 23.8. The number of carbonyl (C=O) groups is 2. The summed E-state index contributed by atoms with van der Waals surface area (Å²) in [6.45, 7) is 16.6. The van der Waals surface area contributed by atoms with Gasteiger partial charge >= 0.3 is 6.09 Å². The average Bonchev–Trinajstić information content (AvgIpc) is 3.48. The summed E-state index contributed by atoms with van der Waals surface area (Å²) in [5, 5.41) is 15.6. The van der Waals surface area contributed by atoms with E-state index in [0.717, 1.165) is 24.0 Å². The third-order valence-corrected chi connectivity index (χ3v) is 7.85. The van der Waals surface area contributed by atoms with Crippen LogP contribution in [-0.2, 0) is 16.1 Å². The molecule has 0 saturated carbocycles. The summed E-state index contributed by atoms with van der Waals surface area (Å²) in [4.78, 5) is 24.7. The van der Waals surface area contributed by atoms with E-state index >= 15 is 0 Å². The lowest BCUT2D eigenvalue weighted by Gasteiger charge is -2.14. The van der Waals surface area contributed by atoms with Crippen molar-refractivity contribution in [2.24, 2.45) is 0 Å². The fourth-order valence-electron chi connectivity index (χ4n) is 3.76. The first-order valence-corrected chi connectivity index (χ1v) is 16.1. The van der Waals surface area contributed by atoms with Crippen LogP contribution in [-0.4, -0.2) is 67.4 Å². The second-order valence-electron chi connectivity index (χ2n) is 10.2. The van der Waals surface area contributed by atoms with E-state index in [4.69, 9.17) is 4.74 Å². The summed E-state index contributed by atoms with van der Waals surface area (Å²) in [7, 11) is -1.46. The van der Waals surface area contributed by atoms with E-state index < -0.39 is 26.1 Å². The van der Waals surface area contributed by atoms with Gasteiger partial charge in [-0.05, 0) is 36.3 Å². The predicted octanol–water partition coefficient (Wildman–Crippen LogP) is 3.23. The summed E-state index contributed by atoms with van der Waals surface area (Å²) in [5.41, 5.74) is 2.29. The van der Waals surface area contributed by atoms with Crippen LogP contribution < -0.4 is 20.9 Å². The molecule has 204 valence electrons. The van der Waals surface area contributed by atoms with Crippen molar-refractivity contribution >= 4 is 36.7 Å². The minimum Gasteiger partial charge on any atom is -0.442 e. The average molecular weight is 541 g/mol. The van der Waals surface area contributed by atoms with E-state index in [0.29, 0.717) is 23.4 Å². The number of nitrogens with zero attached hydrogens (tertiary/aromatic N) is 4. The summed E-state index contributed by atoms with van der Waals surface area (Å²) >= 11 is 0. The molecule has 38 heavy (non-hydrogen) atoms. The highest BCUT2D eigenvalue weighted by molar-refractivity contribution is 6.88. The van der Waals surface area contributed by atoms with E-state index in [1.165, 1.54) is 17.9 Å². The van der Waals surface area contributed by atoms with Gasteiger partial charge in [-0.1, -0.05) is 49.7 Å². The second kappa shape index (κ2) is 12.8. The van der Waals surface area contributed by atoms with E-state index in [-0.39, 0.29) is 19.0 Å². The molecule has 1 aliphatic rings. The maximum absolute atomic E-state index is 15.0. The minimum atomic E-state index is -1.46. The molecule has 0 aliphatic carbocycles. The first kappa shape index (κ1) is 29.0. The molecule has 1 fully saturated rings. The molecule has 9 nitrogen and oxygen atoms in total. The normalized spacial score (nSPS) is 16.3. The van der Waals surface area contributed by atoms with Gasteiger partial charge in [0, 0.05) is 31.8 Å². The molecule has 0 bridgehead atoms. The first-order valence-electron chi connectivity index (χ1n) is 12.6. The number of carbonyl (C=O) groups excluding carboxylic acids is 2. The standard InChI is InChI=1S/C27H37FN6O3Si/c1-7-21(15-29-12-13-33-18-26(31-32-33)38(4,5)6)9-8-19(2)24-11-10-22(14-25(24)28)34-17-23(37-27(34)36)16-30-20(3)35/h7-11,14,18,23,29H,2,12-13,15-17H2,1,3-6H3,(H,30,35)/b9-8-,21-7+/t23-/m0/s1. The molecule has 2 N–H and O–H groups in total. The number of allylic oxidation sites excluding steroid dienone is 3. The Balaban J connectivity index is 1.51. The summed E-state index contributed by atoms with van der Waals surface area (Å²) in [6.07, 6.45) is 6.65. The lowest BCUT2D eigenvalue weighted by atomic mass is 10.0. The third-order valence-electron chi connectivity index (χ3n) is 6.09. The number of cyclic esters (lactones) is 1. The van der Waals surface area contributed by atoms with Crippen LogP contribution in [0.3, 0.4) is 0 Å². The second-order valence-corrected chi connectivity index (χ2v) is 15.2. The van der Waals surface area contributed by atoms with Gasteiger partial charge in [-0.3, -0.25) is 14.4 Å². The van der Waals surface area contributed by atoms with E-state index in [1.54, 1.807) is 18.2 Å². The van der Waals surface area contributed by atoms with Crippen LogP contribution in [0.25, 0.3) is 5.57 Å². The van der Waals surface area contributed by atoms with Crippen LogP contribution in [0.15, 0.2) is 54.8 Å². The lowest BCUT2D eigenvalue weighted by molar-refractivity contribution is -0.119. The van der Waals surface area contributed by atoms with E-state index in [9.17, 15) is 14.0 Å². The number of aromatic nitrogens is 3. The van der Waals surface area contributed by atoms with Crippen molar-refractivity contribution in [3.05, 3.63) is 66.2 Å². The van der Waals surface area contributed by atoms with Gasteiger partial charge in [0.15, 0.2) is 0 Å². The van der Waals surface area contributed by atoms with E-state index in [2.05, 4.69) is 47.2 Å². The molecule has 2 aromatic rings. The highest BCUT2D eigenvalue weighted by Crippen LogP contribution is 2.27. The monoisotopic (exact) mass is 540 g/mol. The Labute approximate surface area is 224 Å². The fourth-order valence-corrected chi connectivity index (χ4v) is 4.64. The summed E-state index contributed by atoms with van der Waals surface area (Å²) in [5.74, 6) is -0.693. The number of benzene rings is 1. The zero-order valence-electron chi connectivity index (χ0n) is 22.8. The van der Waals surface area contributed by atoms with Crippen molar-refractivity contribution in [1.82, 2.24) is 25.6 Å². The molecule has 2 heterocycles. The van der Waals surface area contributed by atoms with Crippen LogP contribution in [0.1, 0.15) is 19.4 Å². The van der Waals surface area contributed by atoms with Crippen molar-refractivity contribution < 1.29 is 18.7 Å². The molecule has 1 atom stereocenters. The molecule has 3 rings (SSSR count). The van der Waals surface area contributed by atoms with Gasteiger partial charge in [-0.25, -0.2) is 9.18 Å². The molecule has 0 spiro atoms. The zero-order chi connectivity index (χ0) is 27.9. The van der Waals surface area contributed by atoms with Crippen LogP contribution in [0.2, 0.25) is 19.6 Å². The van der Waals surface area contributed by atoms with Crippen molar-refractivity contribution in [2.75, 3.05) is 31.1 Å². The molecule has 1 aliphatic heterocycles. The Bertz CT molecular complexity index is 1230. The molecular weight excluding hydrogens is 503 g/mol. The fraction of sp³-hybridized carbons (Fsp3) is 0.407.